The van der Waals surface area contributed by atoms with Crippen molar-refractivity contribution in [3.05, 3.63) is 46.9 Å². The fourth-order valence-corrected chi connectivity index (χ4v) is 3.38. The summed E-state index contributed by atoms with van der Waals surface area (Å²) < 4.78 is 41.1. The lowest BCUT2D eigenvalue weighted by Crippen LogP contribution is -2.25. The summed E-state index contributed by atoms with van der Waals surface area (Å²) in [6.45, 7) is 0. The highest BCUT2D eigenvalue weighted by Crippen LogP contribution is 2.42. The normalized spacial score (nSPS) is 14.1. The van der Waals surface area contributed by atoms with E-state index in [0.717, 1.165) is 21.8 Å². The number of anilines is 1. The standard InChI is InChI=1S/C17H10BrF2N3O4S/c18-11-4-2-1-3-10(11)15-22-23-16(25-15)28-8-14(24)21-9-5-6-12-13(7-9)27-17(19,20)26-12/h1-7H,8H2,(H,21,24). The molecule has 0 fully saturated rings. The number of nitrogens with zero attached hydrogens (tertiary/aromatic N) is 2. The smallest absolute Gasteiger partial charge is 0.411 e. The van der Waals surface area contributed by atoms with E-state index in [4.69, 9.17) is 4.42 Å². The number of ether oxygens (including phenoxy) is 2. The molecule has 1 N–H and O–H groups in total. The maximum atomic E-state index is 13.0. The molecule has 0 bridgehead atoms. The molecule has 7 nitrogen and oxygen atoms in total. The van der Waals surface area contributed by atoms with Crippen LogP contribution in [-0.4, -0.2) is 28.2 Å². The van der Waals surface area contributed by atoms with Gasteiger partial charge >= 0.3 is 6.29 Å². The van der Waals surface area contributed by atoms with Crippen molar-refractivity contribution in [1.82, 2.24) is 10.2 Å². The van der Waals surface area contributed by atoms with Crippen LogP contribution in [0.5, 0.6) is 11.5 Å². The number of halogens is 3. The molecule has 1 aromatic heterocycles. The van der Waals surface area contributed by atoms with E-state index in [0.29, 0.717) is 11.6 Å². The minimum absolute atomic E-state index is 0.0117. The predicted octanol–water partition coefficient (Wildman–Crippen LogP) is 4.55. The molecule has 0 radical (unpaired) electrons. The van der Waals surface area contributed by atoms with Crippen molar-refractivity contribution in [3.63, 3.8) is 0 Å². The lowest BCUT2D eigenvalue weighted by Gasteiger charge is -2.05. The van der Waals surface area contributed by atoms with Crippen LogP contribution in [0.1, 0.15) is 0 Å². The number of amides is 1. The first-order chi connectivity index (χ1) is 13.4. The first-order valence-corrected chi connectivity index (χ1v) is 9.58. The number of rotatable bonds is 5. The van der Waals surface area contributed by atoms with E-state index in [1.807, 2.05) is 24.3 Å². The molecule has 0 spiro atoms. The third-order valence-corrected chi connectivity index (χ3v) is 5.03. The van der Waals surface area contributed by atoms with Crippen LogP contribution >= 0.6 is 27.7 Å². The number of nitrogens with one attached hydrogen (secondary N) is 1. The van der Waals surface area contributed by atoms with Crippen LogP contribution in [0, 0.1) is 0 Å². The molecule has 1 aliphatic rings. The van der Waals surface area contributed by atoms with Gasteiger partial charge < -0.3 is 19.2 Å². The van der Waals surface area contributed by atoms with Crippen molar-refractivity contribution in [1.29, 1.82) is 0 Å². The Morgan fingerprint density at radius 2 is 1.93 bits per heavy atom. The van der Waals surface area contributed by atoms with E-state index >= 15 is 0 Å². The molecule has 0 saturated carbocycles. The van der Waals surface area contributed by atoms with Gasteiger partial charge in [0.1, 0.15) is 0 Å². The summed E-state index contributed by atoms with van der Waals surface area (Å²) in [6.07, 6.45) is -3.70. The molecule has 144 valence electrons. The highest BCUT2D eigenvalue weighted by atomic mass is 79.9. The Balaban J connectivity index is 1.35. The van der Waals surface area contributed by atoms with Gasteiger partial charge in [0.15, 0.2) is 11.5 Å². The topological polar surface area (TPSA) is 86.5 Å². The summed E-state index contributed by atoms with van der Waals surface area (Å²) in [6, 6.07) is 11.4. The van der Waals surface area contributed by atoms with Crippen molar-refractivity contribution >= 4 is 39.3 Å². The molecule has 0 saturated heterocycles. The second-order valence-electron chi connectivity index (χ2n) is 5.52. The lowest BCUT2D eigenvalue weighted by molar-refractivity contribution is -0.286. The highest BCUT2D eigenvalue weighted by Gasteiger charge is 2.43. The van der Waals surface area contributed by atoms with Gasteiger partial charge in [-0.2, -0.15) is 0 Å². The molecule has 4 rings (SSSR count). The molecular weight excluding hydrogens is 460 g/mol. The molecule has 1 amide bonds. The number of carbonyl (C=O) groups excluding carboxylic acids is 1. The van der Waals surface area contributed by atoms with Crippen LogP contribution in [-0.2, 0) is 4.79 Å². The largest absolute Gasteiger partial charge is 0.586 e. The second-order valence-corrected chi connectivity index (χ2v) is 7.30. The third-order valence-electron chi connectivity index (χ3n) is 3.52. The maximum Gasteiger partial charge on any atom is 0.586 e. The zero-order valence-electron chi connectivity index (χ0n) is 13.8. The summed E-state index contributed by atoms with van der Waals surface area (Å²) >= 11 is 4.46. The first-order valence-electron chi connectivity index (χ1n) is 7.80. The van der Waals surface area contributed by atoms with E-state index in [1.54, 1.807) is 0 Å². The Bertz CT molecular complexity index is 1050. The zero-order valence-corrected chi connectivity index (χ0v) is 16.2. The van der Waals surface area contributed by atoms with Crippen LogP contribution in [0.2, 0.25) is 0 Å². The Hall–Kier alpha value is -2.66. The number of hydrogen-bond donors (Lipinski definition) is 1. The number of aromatic nitrogens is 2. The Labute approximate surface area is 169 Å². The molecule has 3 aromatic rings. The van der Waals surface area contributed by atoms with Crippen molar-refractivity contribution in [2.75, 3.05) is 11.1 Å². The number of benzene rings is 2. The molecule has 28 heavy (non-hydrogen) atoms. The van der Waals surface area contributed by atoms with Crippen LogP contribution in [0.4, 0.5) is 14.5 Å². The maximum absolute atomic E-state index is 13.0. The van der Waals surface area contributed by atoms with Crippen LogP contribution < -0.4 is 14.8 Å². The van der Waals surface area contributed by atoms with E-state index in [2.05, 4.69) is 40.9 Å². The average Bonchev–Trinajstić information content (AvgIpc) is 3.22. The molecule has 0 atom stereocenters. The SMILES string of the molecule is O=C(CSc1nnc(-c2ccccc2Br)o1)Nc1ccc2c(c1)OC(F)(F)O2. The molecular formula is C17H10BrF2N3O4S. The summed E-state index contributed by atoms with van der Waals surface area (Å²) in [5, 5.41) is 10.7. The van der Waals surface area contributed by atoms with Gasteiger partial charge in [-0.15, -0.1) is 19.0 Å². The third kappa shape index (κ3) is 4.09. The van der Waals surface area contributed by atoms with Gasteiger partial charge in [0.05, 0.1) is 11.3 Å². The molecule has 2 heterocycles. The van der Waals surface area contributed by atoms with E-state index < -0.39 is 6.29 Å². The Kier molecular flexibility index (Phi) is 4.94. The number of carbonyl (C=O) groups is 1. The number of thioether (sulfide) groups is 1. The van der Waals surface area contributed by atoms with Gasteiger partial charge in [-0.05, 0) is 40.2 Å². The monoisotopic (exact) mass is 469 g/mol. The minimum atomic E-state index is -3.70. The van der Waals surface area contributed by atoms with Crippen molar-refractivity contribution in [2.45, 2.75) is 11.5 Å². The van der Waals surface area contributed by atoms with Gasteiger partial charge in [0, 0.05) is 16.2 Å². The van der Waals surface area contributed by atoms with E-state index in [-0.39, 0.29) is 28.4 Å². The summed E-state index contributed by atoms with van der Waals surface area (Å²) in [7, 11) is 0. The van der Waals surface area contributed by atoms with Crippen molar-refractivity contribution in [3.8, 4) is 23.0 Å². The van der Waals surface area contributed by atoms with E-state index in [1.165, 1.54) is 18.2 Å². The van der Waals surface area contributed by atoms with Crippen molar-refractivity contribution in [2.24, 2.45) is 0 Å². The van der Waals surface area contributed by atoms with E-state index in [9.17, 15) is 13.6 Å². The van der Waals surface area contributed by atoms with Gasteiger partial charge in [-0.1, -0.05) is 23.9 Å². The summed E-state index contributed by atoms with van der Waals surface area (Å²) in [4.78, 5) is 12.1. The highest BCUT2D eigenvalue weighted by molar-refractivity contribution is 9.10. The Morgan fingerprint density at radius 3 is 2.75 bits per heavy atom. The molecule has 11 heteroatoms. The second kappa shape index (κ2) is 7.40. The summed E-state index contributed by atoms with van der Waals surface area (Å²) in [5.74, 6) is -0.307. The van der Waals surface area contributed by atoms with Gasteiger partial charge in [0.25, 0.3) is 5.22 Å². The van der Waals surface area contributed by atoms with Crippen LogP contribution in [0.3, 0.4) is 0 Å². The average molecular weight is 470 g/mol. The van der Waals surface area contributed by atoms with Gasteiger partial charge in [-0.3, -0.25) is 4.79 Å². The Morgan fingerprint density at radius 1 is 1.14 bits per heavy atom. The molecule has 2 aromatic carbocycles. The predicted molar refractivity (Wildman–Crippen MR) is 99.4 cm³/mol. The zero-order chi connectivity index (χ0) is 19.7. The number of fused-ring (bicyclic) bond motifs is 1. The first kappa shape index (κ1) is 18.7. The quantitative estimate of drug-likeness (QED) is 0.548. The molecule has 0 unspecified atom stereocenters. The van der Waals surface area contributed by atoms with Gasteiger partial charge in [0.2, 0.25) is 11.8 Å². The summed E-state index contributed by atoms with van der Waals surface area (Å²) in [5.41, 5.74) is 1.04. The van der Waals surface area contributed by atoms with Crippen molar-refractivity contribution < 1.29 is 27.5 Å². The van der Waals surface area contributed by atoms with Gasteiger partial charge in [-0.25, -0.2) is 0 Å². The fourth-order valence-electron chi connectivity index (χ4n) is 2.36. The molecule has 0 aliphatic carbocycles. The van der Waals surface area contributed by atoms with Crippen LogP contribution in [0.25, 0.3) is 11.5 Å². The number of hydrogen-bond acceptors (Lipinski definition) is 7. The molecule has 1 aliphatic heterocycles. The minimum Gasteiger partial charge on any atom is -0.411 e. The fraction of sp³-hybridized carbons (Fsp3) is 0.118. The number of alkyl halides is 2. The lowest BCUT2D eigenvalue weighted by atomic mass is 10.2. The van der Waals surface area contributed by atoms with Crippen LogP contribution in [0.15, 0.2) is 56.6 Å².